The fourth-order valence-corrected chi connectivity index (χ4v) is 0.899. The summed E-state index contributed by atoms with van der Waals surface area (Å²) in [6, 6.07) is 0. The lowest BCUT2D eigenvalue weighted by atomic mass is 10.0. The van der Waals surface area contributed by atoms with E-state index in [0.717, 1.165) is 0 Å². The van der Waals surface area contributed by atoms with Gasteiger partial charge in [0.25, 0.3) is 0 Å². The molecular formula is C10H12F6. The Morgan fingerprint density at radius 2 is 1.44 bits per heavy atom. The van der Waals surface area contributed by atoms with Crippen molar-refractivity contribution in [3.8, 4) is 0 Å². The van der Waals surface area contributed by atoms with E-state index in [0.29, 0.717) is 13.0 Å². The van der Waals surface area contributed by atoms with Crippen LogP contribution in [0.1, 0.15) is 20.8 Å². The average Bonchev–Trinajstić information content (AvgIpc) is 1.98. The molecule has 0 saturated carbocycles. The van der Waals surface area contributed by atoms with E-state index >= 15 is 0 Å². The fourth-order valence-electron chi connectivity index (χ4n) is 0.899. The molecule has 1 unspecified atom stereocenters. The van der Waals surface area contributed by atoms with Gasteiger partial charge in [-0.3, -0.25) is 0 Å². The first-order valence-corrected chi connectivity index (χ1v) is 4.45. The molecule has 0 spiro atoms. The molecule has 0 aromatic rings. The molecular weight excluding hydrogens is 234 g/mol. The first-order chi connectivity index (χ1) is 6.94. The molecule has 16 heavy (non-hydrogen) atoms. The lowest BCUT2D eigenvalue weighted by Gasteiger charge is -2.15. The maximum Gasteiger partial charge on any atom is 0.416 e. The summed E-state index contributed by atoms with van der Waals surface area (Å²) >= 11 is 0. The number of alkyl halides is 6. The van der Waals surface area contributed by atoms with E-state index in [9.17, 15) is 26.3 Å². The maximum absolute atomic E-state index is 12.3. The van der Waals surface area contributed by atoms with E-state index in [1.165, 1.54) is 13.8 Å². The molecule has 0 fully saturated rings. The number of halogens is 6. The molecule has 0 N–H and O–H groups in total. The van der Waals surface area contributed by atoms with Gasteiger partial charge in [-0.15, -0.1) is 0 Å². The molecule has 0 aromatic heterocycles. The predicted octanol–water partition coefficient (Wildman–Crippen LogP) is 4.64. The van der Waals surface area contributed by atoms with Crippen molar-refractivity contribution in [1.82, 2.24) is 0 Å². The number of hydrogen-bond donors (Lipinski definition) is 0. The average molecular weight is 246 g/mol. The van der Waals surface area contributed by atoms with Gasteiger partial charge in [0.05, 0.1) is 11.5 Å². The van der Waals surface area contributed by atoms with E-state index < -0.39 is 23.8 Å². The normalized spacial score (nSPS) is 15.9. The third-order valence-corrected chi connectivity index (χ3v) is 1.72. The second-order valence-corrected chi connectivity index (χ2v) is 3.67. The Hall–Kier alpha value is -0.940. The Labute approximate surface area is 89.6 Å². The Morgan fingerprint density at radius 3 is 1.69 bits per heavy atom. The molecule has 0 nitrogen and oxygen atoms in total. The zero-order valence-corrected chi connectivity index (χ0v) is 9.00. The molecule has 0 aliphatic rings. The van der Waals surface area contributed by atoms with E-state index in [2.05, 4.69) is 0 Å². The van der Waals surface area contributed by atoms with E-state index in [1.54, 1.807) is 0 Å². The second kappa shape index (κ2) is 4.93. The molecule has 0 heterocycles. The summed E-state index contributed by atoms with van der Waals surface area (Å²) in [5.41, 5.74) is -0.977. The van der Waals surface area contributed by atoms with Crippen LogP contribution in [0.2, 0.25) is 0 Å². The second-order valence-electron chi connectivity index (χ2n) is 3.67. The van der Waals surface area contributed by atoms with Crippen LogP contribution in [-0.4, -0.2) is 12.4 Å². The summed E-state index contributed by atoms with van der Waals surface area (Å²) in [5, 5.41) is 0. The minimum atomic E-state index is -4.77. The highest BCUT2D eigenvalue weighted by atomic mass is 19.4. The van der Waals surface area contributed by atoms with Crippen molar-refractivity contribution in [1.29, 1.82) is 0 Å². The molecule has 0 aliphatic heterocycles. The van der Waals surface area contributed by atoms with Crippen LogP contribution in [0.4, 0.5) is 26.3 Å². The first-order valence-electron chi connectivity index (χ1n) is 4.45. The lowest BCUT2D eigenvalue weighted by Crippen LogP contribution is -2.20. The van der Waals surface area contributed by atoms with Gasteiger partial charge in [-0.1, -0.05) is 24.6 Å². The van der Waals surface area contributed by atoms with Crippen molar-refractivity contribution in [3.05, 3.63) is 23.3 Å². The van der Waals surface area contributed by atoms with Gasteiger partial charge in [-0.25, -0.2) is 0 Å². The van der Waals surface area contributed by atoms with Gasteiger partial charge in [-0.2, -0.15) is 26.3 Å². The van der Waals surface area contributed by atoms with Crippen molar-refractivity contribution < 1.29 is 26.3 Å². The molecule has 0 aliphatic carbocycles. The zero-order valence-electron chi connectivity index (χ0n) is 9.00. The van der Waals surface area contributed by atoms with Crippen LogP contribution in [0.15, 0.2) is 23.3 Å². The summed E-state index contributed by atoms with van der Waals surface area (Å²) in [7, 11) is 0. The van der Waals surface area contributed by atoms with Crippen LogP contribution in [0.25, 0.3) is 0 Å². The molecule has 0 amide bonds. The number of hydrogen-bond acceptors (Lipinski definition) is 0. The van der Waals surface area contributed by atoms with Crippen LogP contribution in [0, 0.1) is 5.92 Å². The third-order valence-electron chi connectivity index (χ3n) is 1.72. The van der Waals surface area contributed by atoms with Crippen molar-refractivity contribution in [3.63, 3.8) is 0 Å². The summed E-state index contributed by atoms with van der Waals surface area (Å²) in [6.45, 7) is 3.46. The highest BCUT2D eigenvalue weighted by Crippen LogP contribution is 2.33. The Kier molecular flexibility index (Phi) is 4.64. The van der Waals surface area contributed by atoms with Gasteiger partial charge in [0, 0.05) is 0 Å². The maximum atomic E-state index is 12.3. The highest BCUT2D eigenvalue weighted by molar-refractivity contribution is 5.27. The van der Waals surface area contributed by atoms with E-state index in [1.807, 2.05) is 0 Å². The van der Waals surface area contributed by atoms with Gasteiger partial charge in [0.15, 0.2) is 0 Å². The van der Waals surface area contributed by atoms with Crippen molar-refractivity contribution in [2.24, 2.45) is 5.92 Å². The topological polar surface area (TPSA) is 0 Å². The first kappa shape index (κ1) is 15.1. The number of allylic oxidation sites excluding steroid dienone is 4. The minimum Gasteiger partial charge on any atom is -0.170 e. The van der Waals surface area contributed by atoms with Gasteiger partial charge < -0.3 is 0 Å². The quantitative estimate of drug-likeness (QED) is 0.492. The zero-order chi connectivity index (χ0) is 13.1. The van der Waals surface area contributed by atoms with Crippen LogP contribution in [0.3, 0.4) is 0 Å². The van der Waals surface area contributed by atoms with Crippen LogP contribution in [-0.2, 0) is 0 Å². The Bertz CT molecular complexity index is 287. The molecule has 6 heteroatoms. The summed E-state index contributed by atoms with van der Waals surface area (Å²) in [4.78, 5) is 0. The minimum absolute atomic E-state index is 0.188. The third kappa shape index (κ3) is 5.23. The largest absolute Gasteiger partial charge is 0.416 e. The van der Waals surface area contributed by atoms with Gasteiger partial charge in [-0.05, 0) is 13.8 Å². The monoisotopic (exact) mass is 246 g/mol. The van der Waals surface area contributed by atoms with E-state index in [4.69, 9.17) is 0 Å². The fraction of sp³-hybridized carbons (Fsp3) is 0.600. The van der Waals surface area contributed by atoms with Gasteiger partial charge >= 0.3 is 12.4 Å². The van der Waals surface area contributed by atoms with Crippen LogP contribution < -0.4 is 0 Å². The van der Waals surface area contributed by atoms with Crippen LogP contribution in [0.5, 0.6) is 0 Å². The number of rotatable bonds is 2. The molecule has 0 bridgehead atoms. The Balaban J connectivity index is 5.22. The summed E-state index contributed by atoms with van der Waals surface area (Å²) in [6.07, 6.45) is -8.54. The van der Waals surface area contributed by atoms with Crippen molar-refractivity contribution >= 4 is 0 Å². The summed E-state index contributed by atoms with van der Waals surface area (Å²) < 4.78 is 73.4. The Morgan fingerprint density at radius 1 is 1.00 bits per heavy atom. The van der Waals surface area contributed by atoms with Crippen molar-refractivity contribution in [2.45, 2.75) is 33.1 Å². The van der Waals surface area contributed by atoms with Gasteiger partial charge in [0.1, 0.15) is 0 Å². The highest BCUT2D eigenvalue weighted by Gasteiger charge is 2.38. The predicted molar refractivity (Wildman–Crippen MR) is 48.8 cm³/mol. The van der Waals surface area contributed by atoms with Crippen LogP contribution >= 0.6 is 0 Å². The SMILES string of the molecule is CC(C)=C/C(=C\C(C)C(F)(F)F)C(F)(F)F. The molecule has 1 atom stereocenters. The standard InChI is InChI=1S/C10H12F6/c1-6(2)4-8(10(14,15)16)5-7(3)9(11,12)13/h4-5,7H,1-3H3/b8-5+. The smallest absolute Gasteiger partial charge is 0.170 e. The summed E-state index contributed by atoms with van der Waals surface area (Å²) in [5.74, 6) is -2.13. The molecule has 94 valence electrons. The molecule has 0 rings (SSSR count). The van der Waals surface area contributed by atoms with Gasteiger partial charge in [0.2, 0.25) is 0 Å². The molecule has 0 radical (unpaired) electrons. The molecule has 0 aromatic carbocycles. The van der Waals surface area contributed by atoms with E-state index in [-0.39, 0.29) is 11.6 Å². The van der Waals surface area contributed by atoms with Crippen molar-refractivity contribution in [2.75, 3.05) is 0 Å². The molecule has 0 saturated heterocycles. The lowest BCUT2D eigenvalue weighted by molar-refractivity contribution is -0.157.